The predicted molar refractivity (Wildman–Crippen MR) is 99.5 cm³/mol. The van der Waals surface area contributed by atoms with E-state index in [2.05, 4.69) is 36.3 Å². The summed E-state index contributed by atoms with van der Waals surface area (Å²) >= 11 is 3.19. The predicted octanol–water partition coefficient (Wildman–Crippen LogP) is 3.91. The van der Waals surface area contributed by atoms with Gasteiger partial charge in [0, 0.05) is 28.8 Å². The van der Waals surface area contributed by atoms with Gasteiger partial charge in [0.25, 0.3) is 11.6 Å². The molecule has 1 amide bonds. The van der Waals surface area contributed by atoms with Crippen molar-refractivity contribution in [1.82, 2.24) is 24.9 Å². The first kappa shape index (κ1) is 21.2. The van der Waals surface area contributed by atoms with Crippen molar-refractivity contribution in [1.29, 1.82) is 0 Å². The van der Waals surface area contributed by atoms with Gasteiger partial charge in [-0.2, -0.15) is 18.2 Å². The average molecular weight is 474 g/mol. The highest BCUT2D eigenvalue weighted by atomic mass is 79.9. The van der Waals surface area contributed by atoms with Crippen molar-refractivity contribution in [2.24, 2.45) is 0 Å². The highest BCUT2D eigenvalue weighted by Gasteiger charge is 2.36. The molecule has 0 aliphatic heterocycles. The zero-order valence-corrected chi connectivity index (χ0v) is 17.0. The van der Waals surface area contributed by atoms with E-state index in [1.807, 2.05) is 0 Å². The van der Waals surface area contributed by atoms with Gasteiger partial charge >= 0.3 is 6.18 Å². The summed E-state index contributed by atoms with van der Waals surface area (Å²) in [5.74, 6) is -2.10. The number of halogens is 5. The van der Waals surface area contributed by atoms with Crippen LogP contribution in [0.15, 0.2) is 22.7 Å². The highest BCUT2D eigenvalue weighted by Crippen LogP contribution is 2.27. The summed E-state index contributed by atoms with van der Waals surface area (Å²) in [4.78, 5) is 19.7. The van der Waals surface area contributed by atoms with Crippen molar-refractivity contribution in [2.45, 2.75) is 39.4 Å². The maximum Gasteiger partial charge on any atom is 0.453 e. The number of carbonyl (C=O) groups is 1. The van der Waals surface area contributed by atoms with Crippen LogP contribution in [0.4, 0.5) is 17.6 Å². The number of fused-ring (bicyclic) bond motifs is 1. The standard InChI is InChI=1S/C18H16BrF4N5O/c1-9-14(10(2)28-17(25-9)26-16(27-28)18(21,22)23)3-4-15(29)24-8-11-5-12(19)7-13(20)6-11/h5-7H,3-4,8H2,1-2H3,(H,24,29). The Morgan fingerprint density at radius 3 is 2.59 bits per heavy atom. The largest absolute Gasteiger partial charge is 0.453 e. The van der Waals surface area contributed by atoms with Crippen LogP contribution in [0.5, 0.6) is 0 Å². The van der Waals surface area contributed by atoms with Crippen molar-refractivity contribution in [3.05, 3.63) is 56.8 Å². The fourth-order valence-electron chi connectivity index (χ4n) is 2.93. The van der Waals surface area contributed by atoms with E-state index in [4.69, 9.17) is 0 Å². The van der Waals surface area contributed by atoms with Gasteiger partial charge < -0.3 is 5.32 Å². The van der Waals surface area contributed by atoms with Crippen LogP contribution >= 0.6 is 15.9 Å². The molecular weight excluding hydrogens is 458 g/mol. The van der Waals surface area contributed by atoms with E-state index in [1.165, 1.54) is 12.1 Å². The molecule has 0 saturated heterocycles. The second-order valence-electron chi connectivity index (χ2n) is 6.46. The van der Waals surface area contributed by atoms with Crippen molar-refractivity contribution in [2.75, 3.05) is 0 Å². The van der Waals surface area contributed by atoms with Gasteiger partial charge in [-0.3, -0.25) is 4.79 Å². The first-order chi connectivity index (χ1) is 13.5. The zero-order valence-electron chi connectivity index (χ0n) is 15.4. The number of alkyl halides is 3. The Kier molecular flexibility index (Phi) is 5.87. The van der Waals surface area contributed by atoms with Crippen LogP contribution in [0.25, 0.3) is 5.78 Å². The third-order valence-corrected chi connectivity index (χ3v) is 4.77. The number of benzene rings is 1. The normalized spacial score (nSPS) is 11.8. The third-order valence-electron chi connectivity index (χ3n) is 4.32. The molecule has 0 radical (unpaired) electrons. The molecule has 0 aliphatic rings. The Morgan fingerprint density at radius 1 is 1.21 bits per heavy atom. The monoisotopic (exact) mass is 473 g/mol. The van der Waals surface area contributed by atoms with Crippen molar-refractivity contribution in [3.8, 4) is 0 Å². The number of aromatic nitrogens is 4. The second-order valence-corrected chi connectivity index (χ2v) is 7.38. The number of hydrogen-bond acceptors (Lipinski definition) is 4. The number of aryl methyl sites for hydroxylation is 2. The Hall–Kier alpha value is -2.56. The molecule has 0 spiro atoms. The molecule has 11 heteroatoms. The molecule has 0 fully saturated rings. The number of amides is 1. The minimum Gasteiger partial charge on any atom is -0.352 e. The molecule has 0 atom stereocenters. The molecule has 3 aromatic rings. The quantitative estimate of drug-likeness (QED) is 0.570. The van der Waals surface area contributed by atoms with Gasteiger partial charge in [0.05, 0.1) is 0 Å². The molecule has 0 bridgehead atoms. The van der Waals surface area contributed by atoms with E-state index in [0.29, 0.717) is 27.0 Å². The van der Waals surface area contributed by atoms with Gasteiger partial charge in [-0.05, 0) is 49.6 Å². The number of rotatable bonds is 5. The van der Waals surface area contributed by atoms with Crippen LogP contribution in [0.3, 0.4) is 0 Å². The molecule has 1 aromatic carbocycles. The maximum atomic E-state index is 13.4. The zero-order chi connectivity index (χ0) is 21.3. The summed E-state index contributed by atoms with van der Waals surface area (Å²) in [7, 11) is 0. The summed E-state index contributed by atoms with van der Waals surface area (Å²) in [6, 6.07) is 4.33. The molecule has 1 N–H and O–H groups in total. The first-order valence-corrected chi connectivity index (χ1v) is 9.35. The summed E-state index contributed by atoms with van der Waals surface area (Å²) in [5.41, 5.74) is 2.15. The lowest BCUT2D eigenvalue weighted by Gasteiger charge is -2.11. The Bertz CT molecular complexity index is 1060. The third kappa shape index (κ3) is 4.89. The SMILES string of the molecule is Cc1nc2nc(C(F)(F)F)nn2c(C)c1CCC(=O)NCc1cc(F)cc(Br)c1. The number of nitrogens with one attached hydrogen (secondary N) is 1. The minimum atomic E-state index is -4.67. The van der Waals surface area contributed by atoms with E-state index in [0.717, 1.165) is 4.52 Å². The molecule has 2 heterocycles. The maximum absolute atomic E-state index is 13.4. The van der Waals surface area contributed by atoms with Crippen LogP contribution in [-0.4, -0.2) is 25.5 Å². The second kappa shape index (κ2) is 8.05. The lowest BCUT2D eigenvalue weighted by Crippen LogP contribution is -2.23. The van der Waals surface area contributed by atoms with Gasteiger partial charge in [0.1, 0.15) is 5.82 Å². The molecule has 6 nitrogen and oxygen atoms in total. The molecule has 2 aromatic heterocycles. The summed E-state index contributed by atoms with van der Waals surface area (Å²) in [6.45, 7) is 3.41. The van der Waals surface area contributed by atoms with E-state index < -0.39 is 17.8 Å². The minimum absolute atomic E-state index is 0.0895. The van der Waals surface area contributed by atoms with Crippen molar-refractivity contribution >= 4 is 27.6 Å². The Balaban J connectivity index is 1.70. The van der Waals surface area contributed by atoms with Crippen LogP contribution in [0.2, 0.25) is 0 Å². The Labute approximate surface area is 171 Å². The average Bonchev–Trinajstić information content (AvgIpc) is 3.03. The molecule has 0 aliphatic carbocycles. The van der Waals surface area contributed by atoms with Crippen molar-refractivity contribution in [3.63, 3.8) is 0 Å². The van der Waals surface area contributed by atoms with Crippen LogP contribution in [0.1, 0.15) is 34.8 Å². The number of nitrogens with zero attached hydrogens (tertiary/aromatic N) is 4. The van der Waals surface area contributed by atoms with E-state index >= 15 is 0 Å². The number of carbonyl (C=O) groups excluding carboxylic acids is 1. The lowest BCUT2D eigenvalue weighted by atomic mass is 10.1. The van der Waals surface area contributed by atoms with Crippen LogP contribution in [-0.2, 0) is 23.9 Å². The van der Waals surface area contributed by atoms with Gasteiger partial charge in [0.2, 0.25) is 5.91 Å². The first-order valence-electron chi connectivity index (χ1n) is 8.56. The van der Waals surface area contributed by atoms with E-state index in [1.54, 1.807) is 19.9 Å². The molecule has 0 unspecified atom stereocenters. The fourth-order valence-corrected chi connectivity index (χ4v) is 3.44. The van der Waals surface area contributed by atoms with Crippen LogP contribution in [0, 0.1) is 19.7 Å². The lowest BCUT2D eigenvalue weighted by molar-refractivity contribution is -0.144. The number of hydrogen-bond donors (Lipinski definition) is 1. The topological polar surface area (TPSA) is 72.2 Å². The smallest absolute Gasteiger partial charge is 0.352 e. The molecular formula is C18H16BrF4N5O. The summed E-state index contributed by atoms with van der Waals surface area (Å²) < 4.78 is 53.5. The highest BCUT2D eigenvalue weighted by molar-refractivity contribution is 9.10. The van der Waals surface area contributed by atoms with Gasteiger partial charge in [-0.25, -0.2) is 13.9 Å². The summed E-state index contributed by atoms with van der Waals surface area (Å²) in [6.07, 6.45) is -4.31. The Morgan fingerprint density at radius 2 is 1.93 bits per heavy atom. The molecule has 0 saturated carbocycles. The van der Waals surface area contributed by atoms with Gasteiger partial charge in [0.15, 0.2) is 0 Å². The molecule has 29 heavy (non-hydrogen) atoms. The van der Waals surface area contributed by atoms with E-state index in [-0.39, 0.29) is 31.1 Å². The van der Waals surface area contributed by atoms with Gasteiger partial charge in [-0.1, -0.05) is 15.9 Å². The van der Waals surface area contributed by atoms with E-state index in [9.17, 15) is 22.4 Å². The fraction of sp³-hybridized carbons (Fsp3) is 0.333. The summed E-state index contributed by atoms with van der Waals surface area (Å²) in [5, 5.41) is 6.18. The van der Waals surface area contributed by atoms with Gasteiger partial charge in [-0.15, -0.1) is 5.10 Å². The molecule has 154 valence electrons. The van der Waals surface area contributed by atoms with Crippen molar-refractivity contribution < 1.29 is 22.4 Å². The van der Waals surface area contributed by atoms with Crippen LogP contribution < -0.4 is 5.32 Å². The molecule has 3 rings (SSSR count).